The molecule has 2 aromatic carbocycles. The first-order valence-corrected chi connectivity index (χ1v) is 12.4. The molecule has 10 heteroatoms. The largest absolute Gasteiger partial charge is 0.491 e. The van der Waals surface area contributed by atoms with E-state index in [-0.39, 0.29) is 43.4 Å². The Morgan fingerprint density at radius 2 is 1.41 bits per heavy atom. The minimum Gasteiger partial charge on any atom is -0.491 e. The van der Waals surface area contributed by atoms with E-state index >= 15 is 0 Å². The molecule has 188 valence electrons. The van der Waals surface area contributed by atoms with Crippen LogP contribution in [0.15, 0.2) is 57.9 Å². The number of aliphatic hydroxyl groups excluding tert-OH is 3. The molecule has 0 heterocycles. The van der Waals surface area contributed by atoms with E-state index in [1.165, 1.54) is 5.01 Å². The van der Waals surface area contributed by atoms with Crippen LogP contribution in [0.4, 0.5) is 0 Å². The lowest BCUT2D eigenvalue weighted by atomic mass is 9.78. The molecule has 0 saturated carbocycles. The van der Waals surface area contributed by atoms with Crippen molar-refractivity contribution in [1.29, 1.82) is 0 Å². The number of ether oxygens (including phenoxy) is 2. The first kappa shape index (κ1) is 28.5. The molecule has 2 rings (SSSR count). The van der Waals surface area contributed by atoms with Crippen molar-refractivity contribution in [2.24, 2.45) is 11.6 Å². The van der Waals surface area contributed by atoms with Gasteiger partial charge < -0.3 is 35.5 Å². The van der Waals surface area contributed by atoms with Crippen molar-refractivity contribution in [3.8, 4) is 11.5 Å². The Morgan fingerprint density at radius 3 is 1.82 bits per heavy atom. The molecule has 0 radical (unpaired) electrons. The van der Waals surface area contributed by atoms with E-state index < -0.39 is 12.2 Å². The Bertz CT molecular complexity index is 925. The van der Waals surface area contributed by atoms with Gasteiger partial charge in [-0.15, -0.1) is 11.6 Å². The zero-order chi connectivity index (χ0) is 25.3. The summed E-state index contributed by atoms with van der Waals surface area (Å²) in [6.07, 6.45) is -1.54. The monoisotopic (exact) mass is 605 g/mol. The maximum atomic E-state index is 10.2. The molecule has 2 atom stereocenters. The van der Waals surface area contributed by atoms with Crippen LogP contribution in [0.1, 0.15) is 25.0 Å². The molecule has 0 aliphatic rings. The molecule has 0 aromatic heterocycles. The third-order valence-electron chi connectivity index (χ3n) is 5.31. The van der Waals surface area contributed by atoms with Crippen molar-refractivity contribution in [2.45, 2.75) is 31.5 Å². The second-order valence-corrected chi connectivity index (χ2v) is 9.71. The van der Waals surface area contributed by atoms with Crippen LogP contribution in [0.2, 0.25) is 0 Å². The Morgan fingerprint density at radius 1 is 0.971 bits per heavy atom. The minimum absolute atomic E-state index is 0.0548. The Balaban J connectivity index is 1.95. The number of benzene rings is 2. The van der Waals surface area contributed by atoms with E-state index in [1.807, 2.05) is 71.1 Å². The average Bonchev–Trinajstić information content (AvgIpc) is 2.85. The third-order valence-corrected chi connectivity index (χ3v) is 6.98. The van der Waals surface area contributed by atoms with Crippen molar-refractivity contribution in [1.82, 2.24) is 5.01 Å². The Hall–Kier alpha value is -1.76. The summed E-state index contributed by atoms with van der Waals surface area (Å²) >= 11 is 7.51. The fourth-order valence-electron chi connectivity index (χ4n) is 3.14. The number of hydrazine groups is 1. The smallest absolute Gasteiger partial charge is 0.119 e. The van der Waals surface area contributed by atoms with Gasteiger partial charge in [0.1, 0.15) is 40.6 Å². The average molecular weight is 606 g/mol. The number of nitrogens with zero attached hydrogens (tertiary/aromatic N) is 1. The van der Waals surface area contributed by atoms with Gasteiger partial charge in [-0.1, -0.05) is 38.1 Å². The minimum atomic E-state index is -0.844. The quantitative estimate of drug-likeness (QED) is 0.0773. The maximum Gasteiger partial charge on any atom is 0.119 e. The van der Waals surface area contributed by atoms with Crippen molar-refractivity contribution >= 4 is 34.2 Å². The lowest BCUT2D eigenvalue weighted by Crippen LogP contribution is -2.39. The number of hydrogen-bond donors (Lipinski definition) is 5. The molecular formula is C24H33ClIN3O5. The molecular weight excluding hydrogens is 573 g/mol. The van der Waals surface area contributed by atoms with E-state index in [0.29, 0.717) is 15.2 Å². The van der Waals surface area contributed by atoms with Gasteiger partial charge in [-0.05, 0) is 58.0 Å². The van der Waals surface area contributed by atoms with Gasteiger partial charge in [-0.25, -0.2) is 5.84 Å². The number of aliphatic hydroxyl groups is 3. The molecule has 0 saturated heterocycles. The van der Waals surface area contributed by atoms with E-state index in [0.717, 1.165) is 11.1 Å². The molecule has 0 amide bonds. The Kier molecular flexibility index (Phi) is 11.2. The SMILES string of the molecule is CC(C)(c1ccc(OC[C@H](O)CCl)cc1)c1ccc(OC[C@H](O)CN(N)/C(I)=C(\N)CO)cc1. The third kappa shape index (κ3) is 8.17. The summed E-state index contributed by atoms with van der Waals surface area (Å²) in [5.74, 6) is 7.30. The van der Waals surface area contributed by atoms with Gasteiger partial charge in [-0.2, -0.15) is 0 Å². The fourth-order valence-corrected chi connectivity index (χ4v) is 3.60. The van der Waals surface area contributed by atoms with Gasteiger partial charge in [-0.3, -0.25) is 0 Å². The second kappa shape index (κ2) is 13.4. The van der Waals surface area contributed by atoms with Gasteiger partial charge in [0.2, 0.25) is 0 Å². The summed E-state index contributed by atoms with van der Waals surface area (Å²) in [5.41, 5.74) is 7.83. The van der Waals surface area contributed by atoms with Gasteiger partial charge in [0, 0.05) is 5.41 Å². The Labute approximate surface area is 219 Å². The fraction of sp³-hybridized carbons (Fsp3) is 0.417. The van der Waals surface area contributed by atoms with E-state index in [9.17, 15) is 10.2 Å². The highest BCUT2D eigenvalue weighted by Gasteiger charge is 2.23. The van der Waals surface area contributed by atoms with Crippen LogP contribution < -0.4 is 21.1 Å². The molecule has 0 unspecified atom stereocenters. The van der Waals surface area contributed by atoms with Crippen LogP contribution in [0, 0.1) is 0 Å². The highest BCUT2D eigenvalue weighted by atomic mass is 127. The second-order valence-electron chi connectivity index (χ2n) is 8.38. The summed E-state index contributed by atoms with van der Waals surface area (Å²) in [5, 5.41) is 30.1. The molecule has 7 N–H and O–H groups in total. The summed E-state index contributed by atoms with van der Waals surface area (Å²) in [6.45, 7) is 4.26. The van der Waals surface area contributed by atoms with Crippen LogP contribution in [0.25, 0.3) is 0 Å². The molecule has 0 fully saturated rings. The van der Waals surface area contributed by atoms with E-state index in [1.54, 1.807) is 0 Å². The van der Waals surface area contributed by atoms with Crippen molar-refractivity contribution < 1.29 is 24.8 Å². The number of nitrogens with two attached hydrogens (primary N) is 2. The number of hydrogen-bond acceptors (Lipinski definition) is 8. The lowest BCUT2D eigenvalue weighted by Gasteiger charge is -2.27. The molecule has 0 spiro atoms. The normalized spacial score (nSPS) is 14.2. The molecule has 0 bridgehead atoms. The van der Waals surface area contributed by atoms with Crippen LogP contribution in [0.5, 0.6) is 11.5 Å². The molecule has 2 aromatic rings. The van der Waals surface area contributed by atoms with Gasteiger partial charge in [0.15, 0.2) is 0 Å². The predicted octanol–water partition coefficient (Wildman–Crippen LogP) is 2.46. The number of rotatable bonds is 13. The van der Waals surface area contributed by atoms with Gasteiger partial charge in [0.25, 0.3) is 0 Å². The molecule has 34 heavy (non-hydrogen) atoms. The molecule has 0 aliphatic heterocycles. The summed E-state index contributed by atoms with van der Waals surface area (Å²) in [6, 6.07) is 15.5. The topological polar surface area (TPSA) is 134 Å². The van der Waals surface area contributed by atoms with Crippen molar-refractivity contribution in [2.75, 3.05) is 32.2 Å². The predicted molar refractivity (Wildman–Crippen MR) is 142 cm³/mol. The van der Waals surface area contributed by atoms with Gasteiger partial charge >= 0.3 is 0 Å². The first-order chi connectivity index (χ1) is 16.1. The zero-order valence-electron chi connectivity index (χ0n) is 19.3. The number of alkyl halides is 1. The van der Waals surface area contributed by atoms with Crippen molar-refractivity contribution in [3.63, 3.8) is 0 Å². The van der Waals surface area contributed by atoms with Crippen LogP contribution >= 0.6 is 34.2 Å². The summed E-state index contributed by atoms with van der Waals surface area (Å²) < 4.78 is 11.7. The van der Waals surface area contributed by atoms with Crippen LogP contribution in [-0.2, 0) is 5.41 Å². The van der Waals surface area contributed by atoms with Crippen LogP contribution in [-0.4, -0.2) is 64.8 Å². The van der Waals surface area contributed by atoms with E-state index in [4.69, 9.17) is 37.8 Å². The van der Waals surface area contributed by atoms with Crippen LogP contribution in [0.3, 0.4) is 0 Å². The zero-order valence-corrected chi connectivity index (χ0v) is 22.2. The first-order valence-electron chi connectivity index (χ1n) is 10.7. The van der Waals surface area contributed by atoms with E-state index in [2.05, 4.69) is 13.8 Å². The summed E-state index contributed by atoms with van der Waals surface area (Å²) in [4.78, 5) is 0. The standard InChI is InChI=1S/C24H33ClIN3O5/c1-24(2,16-3-7-20(8-4-16)33-14-18(31)11-25)17-5-9-21(10-6-17)34-15-19(32)12-29(28)23(26)22(27)13-30/h3-10,18-19,30-32H,11-15,27-28H2,1-2H3/b23-22-/t18-,19-/m1/s1. The number of halogens is 2. The highest BCUT2D eigenvalue weighted by molar-refractivity contribution is 14.1. The highest BCUT2D eigenvalue weighted by Crippen LogP contribution is 2.33. The van der Waals surface area contributed by atoms with Gasteiger partial charge in [0.05, 0.1) is 24.7 Å². The lowest BCUT2D eigenvalue weighted by molar-refractivity contribution is 0.0810. The maximum absolute atomic E-state index is 10.2. The van der Waals surface area contributed by atoms with Crippen molar-refractivity contribution in [3.05, 3.63) is 69.1 Å². The molecule has 8 nitrogen and oxygen atoms in total. The summed E-state index contributed by atoms with van der Waals surface area (Å²) in [7, 11) is 0. The molecule has 0 aliphatic carbocycles.